The summed E-state index contributed by atoms with van der Waals surface area (Å²) in [6, 6.07) is 0.621. The second kappa shape index (κ2) is 5.69. The van der Waals surface area contributed by atoms with Gasteiger partial charge < -0.3 is 5.21 Å². The fourth-order valence-electron chi connectivity index (χ4n) is 2.97. The molecule has 2 rings (SSSR count). The maximum atomic E-state index is 11.8. The molecule has 0 unspecified atom stereocenters. The standard InChI is InChI=1S/C13H23N3O2/c1-3-4-7-14-13(17)16(18)12-8-10-5-6-11(9-12)15(10)2/h10-11H,3-9H2,1-2H3,(H-,14,17,18)/p+1/t10-,11+. The molecule has 2 atom stereocenters. The number of carbonyl (C=O) groups excluding carboxylic acids is 1. The van der Waals surface area contributed by atoms with Gasteiger partial charge in [0.2, 0.25) is 0 Å². The van der Waals surface area contributed by atoms with E-state index in [-0.39, 0.29) is 6.03 Å². The average Bonchev–Trinajstić information content (AvgIpc) is 2.60. The molecular weight excluding hydrogens is 230 g/mol. The molecule has 0 aliphatic carbocycles. The monoisotopic (exact) mass is 254 g/mol. The number of amides is 2. The molecule has 5 heteroatoms. The molecule has 2 heterocycles. The number of rotatable bonds is 3. The number of unbranched alkanes of at least 4 members (excludes halogenated alkanes) is 1. The summed E-state index contributed by atoms with van der Waals surface area (Å²) in [7, 11) is 2.14. The zero-order chi connectivity index (χ0) is 13.1. The van der Waals surface area contributed by atoms with Crippen LogP contribution in [0.25, 0.3) is 0 Å². The van der Waals surface area contributed by atoms with Crippen molar-refractivity contribution in [3.05, 3.63) is 0 Å². The molecule has 0 spiro atoms. The largest absolute Gasteiger partial charge is 0.530 e. The van der Waals surface area contributed by atoms with Gasteiger partial charge in [-0.15, -0.1) is 0 Å². The summed E-state index contributed by atoms with van der Waals surface area (Å²) in [4.78, 5) is 14.1. The lowest BCUT2D eigenvalue weighted by Gasteiger charge is -2.30. The van der Waals surface area contributed by atoms with E-state index in [0.717, 1.165) is 36.1 Å². The lowest BCUT2D eigenvalue weighted by Crippen LogP contribution is -2.45. The fraction of sp³-hybridized carbons (Fsp3) is 0.846. The zero-order valence-corrected chi connectivity index (χ0v) is 11.4. The minimum atomic E-state index is -0.373. The Bertz CT molecular complexity index is 338. The van der Waals surface area contributed by atoms with E-state index in [9.17, 15) is 10.0 Å². The van der Waals surface area contributed by atoms with Crippen LogP contribution in [0.2, 0.25) is 0 Å². The van der Waals surface area contributed by atoms with E-state index in [1.807, 2.05) is 0 Å². The summed E-state index contributed by atoms with van der Waals surface area (Å²) in [6.45, 7) is 2.71. The van der Waals surface area contributed by atoms with Crippen LogP contribution in [-0.4, -0.2) is 52.3 Å². The Labute approximate surface area is 108 Å². The quantitative estimate of drug-likeness (QED) is 0.264. The van der Waals surface area contributed by atoms with Crippen LogP contribution in [0.15, 0.2) is 0 Å². The second-order valence-corrected chi connectivity index (χ2v) is 5.42. The Morgan fingerprint density at radius 2 is 2.06 bits per heavy atom. The summed E-state index contributed by atoms with van der Waals surface area (Å²) in [5, 5.41) is 12.7. The van der Waals surface area contributed by atoms with Gasteiger partial charge in [0.05, 0.1) is 6.54 Å². The summed E-state index contributed by atoms with van der Waals surface area (Å²) in [6.07, 6.45) is 5.96. The van der Waals surface area contributed by atoms with E-state index in [1.54, 1.807) is 0 Å². The van der Waals surface area contributed by atoms with Crippen LogP contribution in [0.5, 0.6) is 0 Å². The summed E-state index contributed by atoms with van der Waals surface area (Å²) in [5.41, 5.74) is 0.870. The molecule has 2 N–H and O–H groups in total. The van der Waals surface area contributed by atoms with Crippen LogP contribution in [0.3, 0.4) is 0 Å². The maximum Gasteiger partial charge on any atom is 0.530 e. The number of carbonyl (C=O) groups is 1. The third-order valence-electron chi connectivity index (χ3n) is 4.23. The average molecular weight is 254 g/mol. The molecule has 2 bridgehead atoms. The minimum absolute atomic E-state index is 0.373. The highest BCUT2D eigenvalue weighted by Crippen LogP contribution is 2.32. The highest BCUT2D eigenvalue weighted by molar-refractivity contribution is 5.86. The molecular formula is C13H24N3O2+. The highest BCUT2D eigenvalue weighted by Gasteiger charge is 2.40. The first kappa shape index (κ1) is 13.3. The van der Waals surface area contributed by atoms with E-state index < -0.39 is 0 Å². The molecule has 0 aromatic rings. The summed E-state index contributed by atoms with van der Waals surface area (Å²) in [5.74, 6) is 0. The highest BCUT2D eigenvalue weighted by atomic mass is 16.5. The van der Waals surface area contributed by atoms with Gasteiger partial charge in [-0.25, -0.2) is 5.32 Å². The van der Waals surface area contributed by atoms with Crippen molar-refractivity contribution in [2.45, 2.75) is 57.5 Å². The molecule has 2 aliphatic heterocycles. The Morgan fingerprint density at radius 1 is 1.44 bits per heavy atom. The molecule has 0 saturated carbocycles. The number of piperidine rings is 1. The maximum absolute atomic E-state index is 11.8. The first-order valence-corrected chi connectivity index (χ1v) is 6.97. The van der Waals surface area contributed by atoms with Gasteiger partial charge in [0.25, 0.3) is 0 Å². The van der Waals surface area contributed by atoms with Gasteiger partial charge in [-0.3, -0.25) is 4.90 Å². The number of nitrogens with zero attached hydrogens (tertiary/aromatic N) is 2. The summed E-state index contributed by atoms with van der Waals surface area (Å²) < 4.78 is 0.855. The van der Waals surface area contributed by atoms with Crippen LogP contribution in [0.1, 0.15) is 45.4 Å². The van der Waals surface area contributed by atoms with Crippen LogP contribution >= 0.6 is 0 Å². The van der Waals surface area contributed by atoms with Crippen molar-refractivity contribution >= 4 is 11.7 Å². The van der Waals surface area contributed by atoms with E-state index in [0.29, 0.717) is 18.6 Å². The Balaban J connectivity index is 1.96. The Kier molecular flexibility index (Phi) is 4.22. The molecule has 2 amide bonds. The third-order valence-corrected chi connectivity index (χ3v) is 4.23. The molecule has 102 valence electrons. The van der Waals surface area contributed by atoms with Gasteiger partial charge >= 0.3 is 6.03 Å². The first-order chi connectivity index (χ1) is 8.63. The van der Waals surface area contributed by atoms with E-state index in [2.05, 4.69) is 24.2 Å². The van der Waals surface area contributed by atoms with Crippen LogP contribution in [-0.2, 0) is 0 Å². The van der Waals surface area contributed by atoms with Crippen LogP contribution in [0.4, 0.5) is 4.79 Å². The normalized spacial score (nSPS) is 30.3. The van der Waals surface area contributed by atoms with E-state index in [4.69, 9.17) is 0 Å². The predicted molar refractivity (Wildman–Crippen MR) is 69.2 cm³/mol. The van der Waals surface area contributed by atoms with Gasteiger partial charge in [0, 0.05) is 24.9 Å². The van der Waals surface area contributed by atoms with Crippen LogP contribution in [0, 0.1) is 0 Å². The molecule has 5 nitrogen and oxygen atoms in total. The molecule has 18 heavy (non-hydrogen) atoms. The molecule has 2 saturated heterocycles. The molecule has 0 aromatic heterocycles. The van der Waals surface area contributed by atoms with E-state index >= 15 is 0 Å². The number of fused-ring (bicyclic) bond motifs is 2. The van der Waals surface area contributed by atoms with Crippen molar-refractivity contribution in [2.24, 2.45) is 0 Å². The SMILES string of the molecule is CCCCNC(=O)[N+](O)=C1C[C@H]2CC[C@@H](C1)N2C. The number of hydrogen-bond acceptors (Lipinski definition) is 3. The van der Waals surface area contributed by atoms with Crippen molar-refractivity contribution in [3.8, 4) is 0 Å². The zero-order valence-electron chi connectivity index (χ0n) is 11.4. The van der Waals surface area contributed by atoms with Crippen molar-refractivity contribution in [2.75, 3.05) is 13.6 Å². The van der Waals surface area contributed by atoms with E-state index in [1.165, 1.54) is 12.8 Å². The number of hydroxylamine groups is 1. The fourth-order valence-corrected chi connectivity index (χ4v) is 2.97. The van der Waals surface area contributed by atoms with Gasteiger partial charge in [-0.1, -0.05) is 13.3 Å². The Morgan fingerprint density at radius 3 is 2.61 bits per heavy atom. The number of urea groups is 1. The smallest absolute Gasteiger partial charge is 0.347 e. The number of nitrogens with one attached hydrogen (secondary N) is 1. The third kappa shape index (κ3) is 2.66. The van der Waals surface area contributed by atoms with Gasteiger partial charge in [-0.2, -0.15) is 4.79 Å². The van der Waals surface area contributed by atoms with Gasteiger partial charge in [0.15, 0.2) is 0 Å². The van der Waals surface area contributed by atoms with Gasteiger partial charge in [-0.05, 0) is 31.0 Å². The second-order valence-electron chi connectivity index (χ2n) is 5.42. The van der Waals surface area contributed by atoms with Crippen molar-refractivity contribution in [1.29, 1.82) is 0 Å². The van der Waals surface area contributed by atoms with Crippen molar-refractivity contribution < 1.29 is 14.7 Å². The predicted octanol–water partition coefficient (Wildman–Crippen LogP) is 1.60. The van der Waals surface area contributed by atoms with Gasteiger partial charge in [0.1, 0.15) is 5.71 Å². The minimum Gasteiger partial charge on any atom is -0.347 e. The first-order valence-electron chi connectivity index (χ1n) is 6.97. The summed E-state index contributed by atoms with van der Waals surface area (Å²) >= 11 is 0. The molecule has 2 fully saturated rings. The lowest BCUT2D eigenvalue weighted by atomic mass is 10.0. The molecule has 0 aromatic carbocycles. The molecule has 0 radical (unpaired) electrons. The van der Waals surface area contributed by atoms with Crippen LogP contribution < -0.4 is 5.32 Å². The topological polar surface area (TPSA) is 55.6 Å². The van der Waals surface area contributed by atoms with Crippen molar-refractivity contribution in [3.63, 3.8) is 0 Å². The molecule has 2 aliphatic rings. The Hall–Kier alpha value is -1.10. The lowest BCUT2D eigenvalue weighted by molar-refractivity contribution is -0.701. The number of hydrogen-bond donors (Lipinski definition) is 2. The van der Waals surface area contributed by atoms with Crippen molar-refractivity contribution in [1.82, 2.24) is 10.2 Å².